The molecule has 226 valence electrons. The number of carbonyl (C=O) groups is 3. The van der Waals surface area contributed by atoms with E-state index in [1.54, 1.807) is 67.8 Å². The number of rotatable bonds is 14. The van der Waals surface area contributed by atoms with E-state index in [1.165, 1.54) is 11.8 Å². The number of nitrogens with one attached hydrogen (secondary N) is 3. The number of benzene rings is 4. The Morgan fingerprint density at radius 3 is 2.32 bits per heavy atom. The van der Waals surface area contributed by atoms with Gasteiger partial charge in [-0.3, -0.25) is 14.4 Å². The third-order valence-corrected chi connectivity index (χ3v) is 7.33. The average molecular weight is 610 g/mol. The Bertz CT molecular complexity index is 1590. The average Bonchev–Trinajstić information content (AvgIpc) is 3.05. The topological polar surface area (TPSA) is 106 Å². The number of amides is 3. The summed E-state index contributed by atoms with van der Waals surface area (Å²) >= 11 is 1.34. The minimum absolute atomic E-state index is 0.0440. The van der Waals surface area contributed by atoms with Gasteiger partial charge in [-0.1, -0.05) is 55.8 Å². The van der Waals surface area contributed by atoms with Crippen molar-refractivity contribution < 1.29 is 23.9 Å². The van der Waals surface area contributed by atoms with Crippen molar-refractivity contribution in [2.75, 3.05) is 30.1 Å². The molecule has 0 bridgehead atoms. The number of methoxy groups -OCH3 is 1. The molecule has 3 N–H and O–H groups in total. The van der Waals surface area contributed by atoms with Gasteiger partial charge in [-0.2, -0.15) is 0 Å². The molecular formula is C35H35N3O5S. The minimum Gasteiger partial charge on any atom is -0.496 e. The largest absolute Gasteiger partial charge is 0.496 e. The molecule has 9 heteroatoms. The van der Waals surface area contributed by atoms with E-state index in [1.807, 2.05) is 48.5 Å². The lowest BCUT2D eigenvalue weighted by molar-refractivity contribution is -0.114. The molecule has 3 amide bonds. The molecule has 0 aliphatic rings. The van der Waals surface area contributed by atoms with Crippen LogP contribution in [0.2, 0.25) is 0 Å². The smallest absolute Gasteiger partial charge is 0.272 e. The van der Waals surface area contributed by atoms with Crippen molar-refractivity contribution in [1.82, 2.24) is 5.32 Å². The number of hydrogen-bond donors (Lipinski definition) is 3. The summed E-state index contributed by atoms with van der Waals surface area (Å²) in [5.74, 6) is 0.413. The van der Waals surface area contributed by atoms with Crippen LogP contribution in [-0.2, 0) is 9.59 Å². The monoisotopic (exact) mass is 609 g/mol. The van der Waals surface area contributed by atoms with Crippen LogP contribution in [0.15, 0.2) is 114 Å². The highest BCUT2D eigenvalue weighted by Crippen LogP contribution is 2.24. The van der Waals surface area contributed by atoms with Crippen LogP contribution >= 0.6 is 11.8 Å². The molecule has 0 fully saturated rings. The Hall–Kier alpha value is -5.02. The Morgan fingerprint density at radius 1 is 0.818 bits per heavy atom. The van der Waals surface area contributed by atoms with E-state index in [4.69, 9.17) is 9.47 Å². The Morgan fingerprint density at radius 2 is 1.57 bits per heavy atom. The molecular weight excluding hydrogens is 574 g/mol. The predicted molar refractivity (Wildman–Crippen MR) is 176 cm³/mol. The Balaban J connectivity index is 1.40. The van der Waals surface area contributed by atoms with Gasteiger partial charge < -0.3 is 25.4 Å². The maximum atomic E-state index is 13.4. The van der Waals surface area contributed by atoms with Gasteiger partial charge in [0.2, 0.25) is 5.91 Å². The molecule has 0 saturated heterocycles. The molecule has 0 heterocycles. The lowest BCUT2D eigenvalue weighted by atomic mass is 10.1. The Kier molecular flexibility index (Phi) is 12.0. The molecule has 4 rings (SSSR count). The van der Waals surface area contributed by atoms with Gasteiger partial charge in [0.15, 0.2) is 0 Å². The summed E-state index contributed by atoms with van der Waals surface area (Å²) in [6.07, 6.45) is 3.63. The molecule has 0 aromatic heterocycles. The molecule has 0 saturated carbocycles. The highest BCUT2D eigenvalue weighted by atomic mass is 32.2. The molecule has 0 radical (unpaired) electrons. The van der Waals surface area contributed by atoms with Gasteiger partial charge in [0.1, 0.15) is 17.2 Å². The van der Waals surface area contributed by atoms with Gasteiger partial charge in [0.25, 0.3) is 11.8 Å². The second kappa shape index (κ2) is 16.6. The molecule has 44 heavy (non-hydrogen) atoms. The quantitative estimate of drug-likeness (QED) is 0.0807. The van der Waals surface area contributed by atoms with Gasteiger partial charge in [-0.25, -0.2) is 0 Å². The first-order valence-corrected chi connectivity index (χ1v) is 15.2. The molecule has 0 aliphatic carbocycles. The molecule has 0 atom stereocenters. The molecule has 4 aromatic carbocycles. The first-order chi connectivity index (χ1) is 21.4. The van der Waals surface area contributed by atoms with E-state index in [-0.39, 0.29) is 17.4 Å². The number of hydrogen-bond acceptors (Lipinski definition) is 6. The fourth-order valence-corrected chi connectivity index (χ4v) is 4.82. The molecule has 0 unspecified atom stereocenters. The lowest BCUT2D eigenvalue weighted by Crippen LogP contribution is -2.30. The lowest BCUT2D eigenvalue weighted by Gasteiger charge is -2.13. The Labute approximate surface area is 261 Å². The highest BCUT2D eigenvalue weighted by molar-refractivity contribution is 8.00. The fraction of sp³-hybridized carbons (Fsp3) is 0.171. The minimum atomic E-state index is -0.512. The van der Waals surface area contributed by atoms with E-state index in [0.29, 0.717) is 34.9 Å². The number of para-hydroxylation sites is 1. The van der Waals surface area contributed by atoms with E-state index >= 15 is 0 Å². The van der Waals surface area contributed by atoms with Crippen molar-refractivity contribution in [3.05, 3.63) is 120 Å². The maximum absolute atomic E-state index is 13.4. The molecule has 8 nitrogen and oxygen atoms in total. The number of unbranched alkanes of at least 4 members (excludes halogenated alkanes) is 1. The molecule has 0 aliphatic heterocycles. The zero-order valence-corrected chi connectivity index (χ0v) is 25.5. The second-order valence-electron chi connectivity index (χ2n) is 9.67. The van der Waals surface area contributed by atoms with Crippen LogP contribution in [0.1, 0.15) is 35.7 Å². The summed E-state index contributed by atoms with van der Waals surface area (Å²) < 4.78 is 11.1. The number of carbonyl (C=O) groups excluding carboxylic acids is 3. The van der Waals surface area contributed by atoms with Crippen molar-refractivity contribution in [3.63, 3.8) is 0 Å². The second-order valence-corrected chi connectivity index (χ2v) is 10.7. The van der Waals surface area contributed by atoms with Crippen molar-refractivity contribution in [2.45, 2.75) is 24.7 Å². The first-order valence-electron chi connectivity index (χ1n) is 14.2. The number of thioether (sulfide) groups is 1. The van der Waals surface area contributed by atoms with Crippen molar-refractivity contribution in [1.29, 1.82) is 0 Å². The summed E-state index contributed by atoms with van der Waals surface area (Å²) in [4.78, 5) is 39.8. The van der Waals surface area contributed by atoms with Crippen LogP contribution in [0.5, 0.6) is 11.5 Å². The van der Waals surface area contributed by atoms with Gasteiger partial charge in [0, 0.05) is 27.4 Å². The molecule has 4 aromatic rings. The fourth-order valence-electron chi connectivity index (χ4n) is 4.06. The van der Waals surface area contributed by atoms with E-state index in [9.17, 15) is 14.4 Å². The van der Waals surface area contributed by atoms with Crippen LogP contribution in [0.4, 0.5) is 11.4 Å². The van der Waals surface area contributed by atoms with Gasteiger partial charge in [-0.15, -0.1) is 11.8 Å². The normalized spacial score (nSPS) is 10.9. The maximum Gasteiger partial charge on any atom is 0.272 e. The van der Waals surface area contributed by atoms with Crippen molar-refractivity contribution in [3.8, 4) is 11.5 Å². The predicted octanol–water partition coefficient (Wildman–Crippen LogP) is 7.01. The zero-order chi connectivity index (χ0) is 31.1. The van der Waals surface area contributed by atoms with Crippen molar-refractivity contribution >= 4 is 46.9 Å². The molecule has 0 spiro atoms. The van der Waals surface area contributed by atoms with Gasteiger partial charge in [-0.05, 0) is 73.2 Å². The van der Waals surface area contributed by atoms with E-state index in [2.05, 4.69) is 22.9 Å². The summed E-state index contributed by atoms with van der Waals surface area (Å²) in [5.41, 5.74) is 2.29. The third-order valence-electron chi connectivity index (χ3n) is 6.33. The third kappa shape index (κ3) is 9.78. The summed E-state index contributed by atoms with van der Waals surface area (Å²) in [5, 5.41) is 8.48. The van der Waals surface area contributed by atoms with Gasteiger partial charge >= 0.3 is 0 Å². The van der Waals surface area contributed by atoms with Crippen LogP contribution in [-0.4, -0.2) is 37.2 Å². The zero-order valence-electron chi connectivity index (χ0n) is 24.7. The summed E-state index contributed by atoms with van der Waals surface area (Å²) in [7, 11) is 1.54. The SMILES string of the molecule is CCCCOc1ccc(NC(=O)CSc2cccc(NC(=O)/C(=C\c3ccccc3OC)NC(=O)c3ccccc3)c2)cc1. The van der Waals surface area contributed by atoms with Gasteiger partial charge in [0.05, 0.1) is 19.5 Å². The number of anilines is 2. The van der Waals surface area contributed by atoms with Crippen LogP contribution in [0.25, 0.3) is 6.08 Å². The van der Waals surface area contributed by atoms with E-state index < -0.39 is 11.8 Å². The number of ether oxygens (including phenoxy) is 2. The standard InChI is InChI=1S/C35H35N3O5S/c1-3-4-21-43-29-19-17-27(18-20-29)36-33(39)24-44-30-15-10-14-28(23-30)37-35(41)31(22-26-13-8-9-16-32(26)42-2)38-34(40)25-11-6-5-7-12-25/h5-20,22-23H,3-4,21,24H2,1-2H3,(H,36,39)(H,37,41)(H,38,40)/b31-22+. The highest BCUT2D eigenvalue weighted by Gasteiger charge is 2.16. The summed E-state index contributed by atoms with van der Waals surface area (Å²) in [6, 6.07) is 30.3. The van der Waals surface area contributed by atoms with Crippen LogP contribution in [0, 0.1) is 0 Å². The first kappa shape index (κ1) is 31.9. The van der Waals surface area contributed by atoms with E-state index in [0.717, 1.165) is 23.5 Å². The van der Waals surface area contributed by atoms with Crippen LogP contribution < -0.4 is 25.4 Å². The van der Waals surface area contributed by atoms with Crippen molar-refractivity contribution in [2.24, 2.45) is 0 Å². The van der Waals surface area contributed by atoms with Crippen LogP contribution in [0.3, 0.4) is 0 Å². The summed E-state index contributed by atoms with van der Waals surface area (Å²) in [6.45, 7) is 2.78.